The van der Waals surface area contributed by atoms with Gasteiger partial charge >= 0.3 is 0 Å². The third-order valence-corrected chi connectivity index (χ3v) is 3.20. The summed E-state index contributed by atoms with van der Waals surface area (Å²) in [6.07, 6.45) is 6.55. The van der Waals surface area contributed by atoms with Gasteiger partial charge in [-0.3, -0.25) is 11.3 Å². The molecular weight excluding hydrogens is 176 g/mol. The molecule has 84 valence electrons. The number of ether oxygens (including phenoxy) is 1. The normalized spacial score (nSPS) is 21.6. The minimum absolute atomic E-state index is 0.306. The van der Waals surface area contributed by atoms with Crippen molar-refractivity contribution in [3.05, 3.63) is 0 Å². The smallest absolute Gasteiger partial charge is 0.0743 e. The molecule has 0 aromatic heterocycles. The van der Waals surface area contributed by atoms with Crippen LogP contribution in [-0.4, -0.2) is 18.8 Å². The Morgan fingerprint density at radius 2 is 2.14 bits per heavy atom. The van der Waals surface area contributed by atoms with Crippen LogP contribution in [0, 0.1) is 5.92 Å². The zero-order valence-corrected chi connectivity index (χ0v) is 9.46. The molecule has 3 heteroatoms. The molecule has 1 aliphatic carbocycles. The Bertz CT molecular complexity index is 142. The lowest BCUT2D eigenvalue weighted by Gasteiger charge is -2.38. The second-order valence-electron chi connectivity index (χ2n) is 4.17. The van der Waals surface area contributed by atoms with Gasteiger partial charge in [0.15, 0.2) is 0 Å². The van der Waals surface area contributed by atoms with E-state index in [2.05, 4.69) is 19.3 Å². The molecule has 1 fully saturated rings. The summed E-state index contributed by atoms with van der Waals surface area (Å²) in [6.45, 7) is 5.03. The summed E-state index contributed by atoms with van der Waals surface area (Å²) in [5, 5.41) is 0. The van der Waals surface area contributed by atoms with Crippen LogP contribution in [-0.2, 0) is 4.74 Å². The Hall–Kier alpha value is -0.120. The molecule has 0 heterocycles. The van der Waals surface area contributed by atoms with Gasteiger partial charge in [0.1, 0.15) is 0 Å². The maximum absolute atomic E-state index is 5.75. The highest BCUT2D eigenvalue weighted by molar-refractivity contribution is 4.87. The summed E-state index contributed by atoms with van der Waals surface area (Å²) >= 11 is 0. The molecule has 2 unspecified atom stereocenters. The molecule has 1 saturated carbocycles. The maximum Gasteiger partial charge on any atom is 0.0743 e. The summed E-state index contributed by atoms with van der Waals surface area (Å²) in [7, 11) is 0. The molecule has 3 nitrogen and oxygen atoms in total. The van der Waals surface area contributed by atoms with Crippen LogP contribution in [0.2, 0.25) is 0 Å². The van der Waals surface area contributed by atoms with Crippen molar-refractivity contribution >= 4 is 0 Å². The van der Waals surface area contributed by atoms with E-state index in [1.165, 1.54) is 19.3 Å². The summed E-state index contributed by atoms with van der Waals surface area (Å²) in [4.78, 5) is 0. The van der Waals surface area contributed by atoms with Gasteiger partial charge in [-0.1, -0.05) is 19.8 Å². The first-order valence-electron chi connectivity index (χ1n) is 5.91. The molecule has 0 radical (unpaired) electrons. The fraction of sp³-hybridized carbons (Fsp3) is 1.00. The van der Waals surface area contributed by atoms with E-state index < -0.39 is 0 Å². The van der Waals surface area contributed by atoms with Gasteiger partial charge in [-0.15, -0.1) is 0 Å². The van der Waals surface area contributed by atoms with Crippen LogP contribution in [0.3, 0.4) is 0 Å². The highest BCUT2D eigenvalue weighted by Gasteiger charge is 2.32. The van der Waals surface area contributed by atoms with E-state index in [4.69, 9.17) is 10.6 Å². The third kappa shape index (κ3) is 2.94. The number of hydrazine groups is 1. The topological polar surface area (TPSA) is 47.3 Å². The van der Waals surface area contributed by atoms with Gasteiger partial charge in [-0.05, 0) is 32.1 Å². The fourth-order valence-electron chi connectivity index (χ4n) is 2.21. The lowest BCUT2D eigenvalue weighted by atomic mass is 9.77. The van der Waals surface area contributed by atoms with E-state index in [-0.39, 0.29) is 0 Å². The van der Waals surface area contributed by atoms with E-state index in [1.54, 1.807) is 0 Å². The zero-order chi connectivity index (χ0) is 10.4. The van der Waals surface area contributed by atoms with Crippen LogP contribution >= 0.6 is 0 Å². The molecule has 0 aliphatic heterocycles. The highest BCUT2D eigenvalue weighted by atomic mass is 16.5. The van der Waals surface area contributed by atoms with E-state index in [1.807, 2.05) is 0 Å². The molecule has 2 atom stereocenters. The summed E-state index contributed by atoms with van der Waals surface area (Å²) in [6, 6.07) is 0.364. The largest absolute Gasteiger partial charge is 0.377 e. The summed E-state index contributed by atoms with van der Waals surface area (Å²) < 4.78 is 5.75. The molecule has 1 rings (SSSR count). The molecule has 0 amide bonds. The predicted octanol–water partition coefficient (Wildman–Crippen LogP) is 1.82. The van der Waals surface area contributed by atoms with Crippen molar-refractivity contribution in [3.8, 4) is 0 Å². The fourth-order valence-corrected chi connectivity index (χ4v) is 2.21. The monoisotopic (exact) mass is 200 g/mol. The van der Waals surface area contributed by atoms with Crippen molar-refractivity contribution in [1.29, 1.82) is 0 Å². The molecule has 0 aromatic rings. The van der Waals surface area contributed by atoms with E-state index >= 15 is 0 Å². The van der Waals surface area contributed by atoms with Crippen LogP contribution in [0.5, 0.6) is 0 Å². The van der Waals surface area contributed by atoms with Gasteiger partial charge < -0.3 is 4.74 Å². The van der Waals surface area contributed by atoms with Crippen LogP contribution < -0.4 is 11.3 Å². The number of nitrogens with two attached hydrogens (primary N) is 1. The first kappa shape index (κ1) is 12.0. The zero-order valence-electron chi connectivity index (χ0n) is 9.46. The number of hydrogen-bond acceptors (Lipinski definition) is 3. The first-order chi connectivity index (χ1) is 6.83. The van der Waals surface area contributed by atoms with E-state index in [0.29, 0.717) is 12.1 Å². The number of rotatable bonds is 7. The molecule has 0 bridgehead atoms. The van der Waals surface area contributed by atoms with Crippen LogP contribution in [0.4, 0.5) is 0 Å². The second kappa shape index (κ2) is 6.38. The molecule has 14 heavy (non-hydrogen) atoms. The minimum atomic E-state index is 0.306. The quantitative estimate of drug-likeness (QED) is 0.487. The van der Waals surface area contributed by atoms with Crippen molar-refractivity contribution in [2.75, 3.05) is 6.61 Å². The Morgan fingerprint density at radius 1 is 1.43 bits per heavy atom. The van der Waals surface area contributed by atoms with Gasteiger partial charge in [0, 0.05) is 6.61 Å². The molecule has 0 aromatic carbocycles. The van der Waals surface area contributed by atoms with Crippen molar-refractivity contribution < 1.29 is 4.74 Å². The Labute approximate surface area is 87.4 Å². The average Bonchev–Trinajstić information content (AvgIpc) is 2.10. The molecule has 3 N–H and O–H groups in total. The molecule has 0 spiro atoms. The van der Waals surface area contributed by atoms with Crippen LogP contribution in [0.1, 0.15) is 46.0 Å². The van der Waals surface area contributed by atoms with Crippen molar-refractivity contribution in [3.63, 3.8) is 0 Å². The molecule has 1 aliphatic rings. The molecular formula is C11H24N2O. The van der Waals surface area contributed by atoms with Gasteiger partial charge in [0.25, 0.3) is 0 Å². The highest BCUT2D eigenvalue weighted by Crippen LogP contribution is 2.32. The van der Waals surface area contributed by atoms with Crippen LogP contribution in [0.25, 0.3) is 0 Å². The Balaban J connectivity index is 2.43. The van der Waals surface area contributed by atoms with Crippen molar-refractivity contribution in [2.24, 2.45) is 11.8 Å². The van der Waals surface area contributed by atoms with Crippen molar-refractivity contribution in [2.45, 2.75) is 58.1 Å². The summed E-state index contributed by atoms with van der Waals surface area (Å²) in [5.74, 6) is 6.35. The van der Waals surface area contributed by atoms with Gasteiger partial charge in [-0.25, -0.2) is 0 Å². The van der Waals surface area contributed by atoms with E-state index in [9.17, 15) is 0 Å². The summed E-state index contributed by atoms with van der Waals surface area (Å²) in [5.41, 5.74) is 2.95. The van der Waals surface area contributed by atoms with Crippen molar-refractivity contribution in [1.82, 2.24) is 5.43 Å². The molecule has 0 saturated heterocycles. The SMILES string of the molecule is CCCC(OCC)C(NN)C1CCC1. The van der Waals surface area contributed by atoms with Gasteiger partial charge in [0.2, 0.25) is 0 Å². The van der Waals surface area contributed by atoms with Gasteiger partial charge in [0.05, 0.1) is 12.1 Å². The standard InChI is InChI=1S/C11H24N2O/c1-3-6-10(14-4-2)11(13-12)9-7-5-8-9/h9-11,13H,3-8,12H2,1-2H3. The second-order valence-corrected chi connectivity index (χ2v) is 4.17. The Kier molecular flexibility index (Phi) is 5.45. The minimum Gasteiger partial charge on any atom is -0.377 e. The first-order valence-corrected chi connectivity index (χ1v) is 5.91. The number of hydrogen-bond donors (Lipinski definition) is 2. The lowest BCUT2D eigenvalue weighted by molar-refractivity contribution is -0.00126. The third-order valence-electron chi connectivity index (χ3n) is 3.20. The van der Waals surface area contributed by atoms with Crippen LogP contribution in [0.15, 0.2) is 0 Å². The predicted molar refractivity (Wildman–Crippen MR) is 58.8 cm³/mol. The van der Waals surface area contributed by atoms with Gasteiger partial charge in [-0.2, -0.15) is 0 Å². The number of nitrogens with one attached hydrogen (secondary N) is 1. The van der Waals surface area contributed by atoms with E-state index in [0.717, 1.165) is 25.4 Å². The average molecular weight is 200 g/mol. The lowest BCUT2D eigenvalue weighted by Crippen LogP contribution is -2.51. The maximum atomic E-state index is 5.75. The Morgan fingerprint density at radius 3 is 2.50 bits per heavy atom.